The number of likely N-dealkylation sites (tertiary alicyclic amines) is 1. The van der Waals surface area contributed by atoms with E-state index in [1.165, 1.54) is 41.3 Å². The van der Waals surface area contributed by atoms with Gasteiger partial charge in [0, 0.05) is 13.0 Å². The van der Waals surface area contributed by atoms with Gasteiger partial charge in [0.2, 0.25) is 17.7 Å². The van der Waals surface area contributed by atoms with Crippen LogP contribution in [0, 0.1) is 0 Å². The predicted octanol–water partition coefficient (Wildman–Crippen LogP) is -0.270. The molecule has 0 bridgehead atoms. The third-order valence-electron chi connectivity index (χ3n) is 6.55. The second kappa shape index (κ2) is 13.4. The van der Waals surface area contributed by atoms with Gasteiger partial charge in [-0.25, -0.2) is 4.79 Å². The highest BCUT2D eigenvalue weighted by atomic mass is 16.4. The van der Waals surface area contributed by atoms with Crippen LogP contribution in [-0.2, 0) is 36.8 Å². The smallest absolute Gasteiger partial charge is 0.326 e. The highest BCUT2D eigenvalue weighted by Gasteiger charge is 2.38. The number of amides is 3. The third kappa shape index (κ3) is 8.17. The molecule has 8 N–H and O–H groups in total. The molecule has 2 aromatic rings. The summed E-state index contributed by atoms with van der Waals surface area (Å²) in [5.74, 6) is -4.97. The Labute approximate surface area is 229 Å². The number of carboxylic acid groups (broad SMARTS) is 2. The summed E-state index contributed by atoms with van der Waals surface area (Å²) >= 11 is 0. The first kappa shape index (κ1) is 29.9. The first-order valence-electron chi connectivity index (χ1n) is 12.6. The molecule has 1 aliphatic rings. The quantitative estimate of drug-likeness (QED) is 0.181. The van der Waals surface area contributed by atoms with E-state index in [1.807, 2.05) is 0 Å². The Kier molecular flexibility index (Phi) is 10.0. The molecule has 40 heavy (non-hydrogen) atoms. The summed E-state index contributed by atoms with van der Waals surface area (Å²) in [6, 6.07) is 7.09. The standard InChI is InChI=1S/C27H32N4O9/c28-19(12-15-3-7-17(32)8-4-15)26(38)31-11-1-2-22(31)25(37)29-20(13-16-5-9-18(33)10-6-16)24(36)30-21(27(39)40)14-23(34)35/h3-10,19-22,32-33H,1-2,11-14,28H2,(H,29,37)(H,30,36)(H,34,35)(H,39,40). The lowest BCUT2D eigenvalue weighted by Crippen LogP contribution is -2.57. The van der Waals surface area contributed by atoms with E-state index in [2.05, 4.69) is 10.6 Å². The first-order valence-corrected chi connectivity index (χ1v) is 12.6. The Morgan fingerprint density at radius 3 is 1.93 bits per heavy atom. The van der Waals surface area contributed by atoms with Crippen LogP contribution in [0.3, 0.4) is 0 Å². The van der Waals surface area contributed by atoms with Crippen molar-refractivity contribution in [2.24, 2.45) is 5.73 Å². The van der Waals surface area contributed by atoms with Crippen LogP contribution in [0.15, 0.2) is 48.5 Å². The summed E-state index contributed by atoms with van der Waals surface area (Å²) in [6.07, 6.45) is 0.0388. The van der Waals surface area contributed by atoms with Crippen LogP contribution in [0.4, 0.5) is 0 Å². The fraction of sp³-hybridized carbons (Fsp3) is 0.370. The molecule has 4 atom stereocenters. The lowest BCUT2D eigenvalue weighted by Gasteiger charge is -2.28. The number of rotatable bonds is 12. The van der Waals surface area contributed by atoms with Crippen molar-refractivity contribution in [1.29, 1.82) is 0 Å². The number of nitrogens with one attached hydrogen (secondary N) is 2. The summed E-state index contributed by atoms with van der Waals surface area (Å²) in [5, 5.41) is 42.1. The average molecular weight is 557 g/mol. The van der Waals surface area contributed by atoms with Crippen molar-refractivity contribution in [3.63, 3.8) is 0 Å². The van der Waals surface area contributed by atoms with Gasteiger partial charge in [-0.15, -0.1) is 0 Å². The summed E-state index contributed by atoms with van der Waals surface area (Å²) in [6.45, 7) is 0.273. The van der Waals surface area contributed by atoms with Crippen LogP contribution in [0.5, 0.6) is 11.5 Å². The zero-order valence-corrected chi connectivity index (χ0v) is 21.5. The van der Waals surface area contributed by atoms with Gasteiger partial charge < -0.3 is 41.7 Å². The minimum absolute atomic E-state index is 0.0232. The Morgan fingerprint density at radius 1 is 0.850 bits per heavy atom. The molecule has 0 aromatic heterocycles. The molecule has 0 radical (unpaired) electrons. The minimum Gasteiger partial charge on any atom is -0.508 e. The Balaban J connectivity index is 1.74. The Bertz CT molecular complexity index is 1230. The molecule has 4 unspecified atom stereocenters. The van der Waals surface area contributed by atoms with Gasteiger partial charge in [0.05, 0.1) is 12.5 Å². The summed E-state index contributed by atoms with van der Waals surface area (Å²) < 4.78 is 0. The van der Waals surface area contributed by atoms with Gasteiger partial charge in [-0.05, 0) is 54.7 Å². The number of carbonyl (C=O) groups excluding carboxylic acids is 3. The lowest BCUT2D eigenvalue weighted by molar-refractivity contribution is -0.147. The number of carboxylic acids is 2. The molecule has 1 fully saturated rings. The number of nitrogens with two attached hydrogens (primary N) is 1. The van der Waals surface area contributed by atoms with E-state index in [0.29, 0.717) is 18.4 Å². The van der Waals surface area contributed by atoms with Gasteiger partial charge in [0.25, 0.3) is 0 Å². The van der Waals surface area contributed by atoms with Gasteiger partial charge in [-0.1, -0.05) is 24.3 Å². The van der Waals surface area contributed by atoms with Crippen LogP contribution in [-0.4, -0.2) is 85.7 Å². The minimum atomic E-state index is -1.73. The monoisotopic (exact) mass is 556 g/mol. The SMILES string of the molecule is NC(Cc1ccc(O)cc1)C(=O)N1CCCC1C(=O)NC(Cc1ccc(O)cc1)C(=O)NC(CC(=O)O)C(=O)O. The molecule has 1 saturated heterocycles. The molecule has 3 rings (SSSR count). The third-order valence-corrected chi connectivity index (χ3v) is 6.55. The molecule has 2 aromatic carbocycles. The molecule has 13 nitrogen and oxygen atoms in total. The summed E-state index contributed by atoms with van der Waals surface area (Å²) in [5.41, 5.74) is 7.39. The number of hydrogen-bond donors (Lipinski definition) is 7. The molecule has 3 amide bonds. The molecule has 1 aliphatic heterocycles. The van der Waals surface area contributed by atoms with Crippen molar-refractivity contribution in [2.75, 3.05) is 6.54 Å². The Morgan fingerprint density at radius 2 is 1.40 bits per heavy atom. The highest BCUT2D eigenvalue weighted by molar-refractivity contribution is 5.95. The van der Waals surface area contributed by atoms with Gasteiger partial charge in [0.1, 0.15) is 29.6 Å². The van der Waals surface area contributed by atoms with Crippen molar-refractivity contribution in [1.82, 2.24) is 15.5 Å². The fourth-order valence-electron chi connectivity index (χ4n) is 4.48. The van der Waals surface area contributed by atoms with Crippen LogP contribution in [0.2, 0.25) is 0 Å². The number of hydrogen-bond acceptors (Lipinski definition) is 8. The van der Waals surface area contributed by atoms with E-state index in [4.69, 9.17) is 10.8 Å². The second-order valence-electron chi connectivity index (χ2n) is 9.60. The van der Waals surface area contributed by atoms with E-state index < -0.39 is 60.2 Å². The number of aromatic hydroxyl groups is 2. The van der Waals surface area contributed by atoms with Crippen LogP contribution < -0.4 is 16.4 Å². The zero-order valence-electron chi connectivity index (χ0n) is 21.5. The first-order chi connectivity index (χ1) is 18.9. The number of aliphatic carboxylic acids is 2. The van der Waals surface area contributed by atoms with Crippen molar-refractivity contribution in [2.45, 2.75) is 56.3 Å². The number of nitrogens with zero attached hydrogens (tertiary/aromatic N) is 1. The maximum atomic E-state index is 13.3. The van der Waals surface area contributed by atoms with Gasteiger partial charge >= 0.3 is 11.9 Å². The topological polar surface area (TPSA) is 220 Å². The van der Waals surface area contributed by atoms with E-state index >= 15 is 0 Å². The number of benzene rings is 2. The maximum absolute atomic E-state index is 13.3. The number of phenols is 2. The predicted molar refractivity (Wildman–Crippen MR) is 140 cm³/mol. The van der Waals surface area contributed by atoms with Crippen LogP contribution in [0.1, 0.15) is 30.4 Å². The van der Waals surface area contributed by atoms with E-state index in [1.54, 1.807) is 12.1 Å². The van der Waals surface area contributed by atoms with E-state index in [-0.39, 0.29) is 30.9 Å². The molecular weight excluding hydrogens is 524 g/mol. The van der Waals surface area contributed by atoms with Crippen molar-refractivity contribution >= 4 is 29.7 Å². The average Bonchev–Trinajstić information content (AvgIpc) is 3.39. The second-order valence-corrected chi connectivity index (χ2v) is 9.60. The summed E-state index contributed by atoms with van der Waals surface area (Å²) in [4.78, 5) is 63.4. The molecule has 0 spiro atoms. The molecule has 13 heteroatoms. The molecule has 0 aliphatic carbocycles. The maximum Gasteiger partial charge on any atom is 0.326 e. The van der Waals surface area contributed by atoms with E-state index in [0.717, 1.165) is 5.56 Å². The van der Waals surface area contributed by atoms with E-state index in [9.17, 15) is 39.3 Å². The molecule has 0 saturated carbocycles. The van der Waals surface area contributed by atoms with Crippen LogP contribution in [0.25, 0.3) is 0 Å². The van der Waals surface area contributed by atoms with Crippen LogP contribution >= 0.6 is 0 Å². The normalized spacial score (nSPS) is 16.9. The van der Waals surface area contributed by atoms with Gasteiger partial charge in [-0.3, -0.25) is 19.2 Å². The van der Waals surface area contributed by atoms with Crippen molar-refractivity contribution in [3.8, 4) is 11.5 Å². The Hall–Kier alpha value is -4.65. The highest BCUT2D eigenvalue weighted by Crippen LogP contribution is 2.20. The zero-order chi connectivity index (χ0) is 29.4. The lowest BCUT2D eigenvalue weighted by atomic mass is 10.0. The van der Waals surface area contributed by atoms with Crippen molar-refractivity contribution in [3.05, 3.63) is 59.7 Å². The fourth-order valence-corrected chi connectivity index (χ4v) is 4.48. The number of carbonyl (C=O) groups is 5. The number of phenolic OH excluding ortho intramolecular Hbond substituents is 2. The molecule has 1 heterocycles. The molecular formula is C27H32N4O9. The summed E-state index contributed by atoms with van der Waals surface area (Å²) in [7, 11) is 0. The van der Waals surface area contributed by atoms with Gasteiger partial charge in [-0.2, -0.15) is 0 Å². The van der Waals surface area contributed by atoms with Gasteiger partial charge in [0.15, 0.2) is 0 Å². The van der Waals surface area contributed by atoms with Crippen molar-refractivity contribution < 1.29 is 44.4 Å². The largest absolute Gasteiger partial charge is 0.508 e. The molecule has 214 valence electrons.